The van der Waals surface area contributed by atoms with Crippen LogP contribution in [-0.2, 0) is 11.2 Å². The average molecular weight is 261 g/mol. The molecule has 0 radical (unpaired) electrons. The standard InChI is InChI=1S/C13H11NO3S/c1-16-13(15)11-12(18-7-14-11)9-2-3-10-8(6-9)4-5-17-10/h2-3,6-7H,4-5H2,1H3. The average Bonchev–Trinajstić information content (AvgIpc) is 3.05. The number of rotatable bonds is 2. The Labute approximate surface area is 108 Å². The van der Waals surface area contributed by atoms with Crippen LogP contribution < -0.4 is 4.74 Å². The third-order valence-corrected chi connectivity index (χ3v) is 3.77. The van der Waals surface area contributed by atoms with Gasteiger partial charge in [-0.1, -0.05) is 0 Å². The molecule has 1 aliphatic rings. The summed E-state index contributed by atoms with van der Waals surface area (Å²) in [5, 5.41) is 0. The molecular weight excluding hydrogens is 250 g/mol. The van der Waals surface area contributed by atoms with Crippen LogP contribution in [0.15, 0.2) is 23.7 Å². The Balaban J connectivity index is 2.05. The van der Waals surface area contributed by atoms with Crippen LogP contribution in [0.3, 0.4) is 0 Å². The van der Waals surface area contributed by atoms with E-state index in [0.717, 1.165) is 29.2 Å². The van der Waals surface area contributed by atoms with E-state index in [-0.39, 0.29) is 0 Å². The highest BCUT2D eigenvalue weighted by Crippen LogP contribution is 2.34. The van der Waals surface area contributed by atoms with Crippen molar-refractivity contribution in [3.8, 4) is 16.2 Å². The fourth-order valence-corrected chi connectivity index (χ4v) is 2.80. The number of esters is 1. The smallest absolute Gasteiger partial charge is 0.358 e. The zero-order valence-electron chi connectivity index (χ0n) is 9.80. The van der Waals surface area contributed by atoms with Gasteiger partial charge in [-0.25, -0.2) is 9.78 Å². The van der Waals surface area contributed by atoms with Crippen LogP contribution in [0.1, 0.15) is 16.1 Å². The van der Waals surface area contributed by atoms with E-state index >= 15 is 0 Å². The normalized spacial score (nSPS) is 12.9. The van der Waals surface area contributed by atoms with Gasteiger partial charge in [-0.2, -0.15) is 0 Å². The van der Waals surface area contributed by atoms with Gasteiger partial charge >= 0.3 is 5.97 Å². The van der Waals surface area contributed by atoms with E-state index in [1.54, 1.807) is 5.51 Å². The van der Waals surface area contributed by atoms with Crippen molar-refractivity contribution >= 4 is 17.3 Å². The summed E-state index contributed by atoms with van der Waals surface area (Å²) in [6.07, 6.45) is 0.912. The van der Waals surface area contributed by atoms with E-state index < -0.39 is 5.97 Å². The SMILES string of the molecule is COC(=O)c1ncsc1-c1ccc2c(c1)CCO2. The predicted molar refractivity (Wildman–Crippen MR) is 68.1 cm³/mol. The van der Waals surface area contributed by atoms with E-state index in [1.165, 1.54) is 24.0 Å². The van der Waals surface area contributed by atoms with Crippen molar-refractivity contribution in [2.45, 2.75) is 6.42 Å². The largest absolute Gasteiger partial charge is 0.493 e. The van der Waals surface area contributed by atoms with Gasteiger partial charge in [0.15, 0.2) is 5.69 Å². The summed E-state index contributed by atoms with van der Waals surface area (Å²) in [7, 11) is 1.36. The molecule has 4 nitrogen and oxygen atoms in total. The lowest BCUT2D eigenvalue weighted by atomic mass is 10.1. The monoisotopic (exact) mass is 261 g/mol. The van der Waals surface area contributed by atoms with Crippen LogP contribution in [0, 0.1) is 0 Å². The highest BCUT2D eigenvalue weighted by atomic mass is 32.1. The Hall–Kier alpha value is -1.88. The van der Waals surface area contributed by atoms with Gasteiger partial charge in [-0.05, 0) is 29.3 Å². The van der Waals surface area contributed by atoms with Crippen LogP contribution >= 0.6 is 11.3 Å². The number of aromatic nitrogens is 1. The molecule has 92 valence electrons. The third kappa shape index (κ3) is 1.76. The Morgan fingerprint density at radius 2 is 2.39 bits per heavy atom. The molecule has 5 heteroatoms. The van der Waals surface area contributed by atoms with Crippen molar-refractivity contribution in [1.82, 2.24) is 4.98 Å². The van der Waals surface area contributed by atoms with Gasteiger partial charge < -0.3 is 9.47 Å². The number of thiazole rings is 1. The summed E-state index contributed by atoms with van der Waals surface area (Å²) in [6.45, 7) is 0.728. The second kappa shape index (κ2) is 4.42. The number of carbonyl (C=O) groups is 1. The molecule has 1 aliphatic heterocycles. The topological polar surface area (TPSA) is 48.4 Å². The summed E-state index contributed by atoms with van der Waals surface area (Å²) in [6, 6.07) is 5.95. The first-order valence-corrected chi connectivity index (χ1v) is 6.45. The first-order chi connectivity index (χ1) is 8.79. The molecule has 0 saturated carbocycles. The summed E-state index contributed by atoms with van der Waals surface area (Å²) >= 11 is 1.44. The highest BCUT2D eigenvalue weighted by Gasteiger charge is 2.19. The van der Waals surface area contributed by atoms with Crippen LogP contribution in [0.2, 0.25) is 0 Å². The molecule has 1 aromatic heterocycles. The van der Waals surface area contributed by atoms with E-state index in [2.05, 4.69) is 11.1 Å². The van der Waals surface area contributed by atoms with Crippen LogP contribution in [0.25, 0.3) is 10.4 Å². The zero-order valence-corrected chi connectivity index (χ0v) is 10.6. The van der Waals surface area contributed by atoms with Gasteiger partial charge in [0, 0.05) is 6.42 Å². The van der Waals surface area contributed by atoms with Gasteiger partial charge in [0.1, 0.15) is 5.75 Å². The number of nitrogens with zero attached hydrogens (tertiary/aromatic N) is 1. The predicted octanol–water partition coefficient (Wildman–Crippen LogP) is 2.53. The maximum Gasteiger partial charge on any atom is 0.358 e. The van der Waals surface area contributed by atoms with E-state index in [0.29, 0.717) is 5.69 Å². The molecule has 3 rings (SSSR count). The molecule has 0 bridgehead atoms. The molecule has 2 heterocycles. The fraction of sp³-hybridized carbons (Fsp3) is 0.231. The summed E-state index contributed by atoms with van der Waals surface area (Å²) < 4.78 is 10.2. The minimum absolute atomic E-state index is 0.376. The van der Waals surface area contributed by atoms with Gasteiger partial charge in [-0.15, -0.1) is 11.3 Å². The van der Waals surface area contributed by atoms with Gasteiger partial charge in [0.2, 0.25) is 0 Å². The number of carbonyl (C=O) groups excluding carboxylic acids is 1. The summed E-state index contributed by atoms with van der Waals surface area (Å²) in [5.41, 5.74) is 4.20. The van der Waals surface area contributed by atoms with Gasteiger partial charge in [0.25, 0.3) is 0 Å². The first kappa shape index (κ1) is 11.2. The number of ether oxygens (including phenoxy) is 2. The summed E-state index contributed by atoms with van der Waals surface area (Å²) in [5.74, 6) is 0.533. The fourth-order valence-electron chi connectivity index (χ4n) is 2.02. The van der Waals surface area contributed by atoms with Crippen LogP contribution in [-0.4, -0.2) is 24.7 Å². The minimum Gasteiger partial charge on any atom is -0.493 e. The van der Waals surface area contributed by atoms with Crippen molar-refractivity contribution < 1.29 is 14.3 Å². The molecule has 0 spiro atoms. The molecular formula is C13H11NO3S. The molecule has 0 amide bonds. The summed E-state index contributed by atoms with van der Waals surface area (Å²) in [4.78, 5) is 16.5. The quantitative estimate of drug-likeness (QED) is 0.779. The van der Waals surface area contributed by atoms with Crippen LogP contribution in [0.4, 0.5) is 0 Å². The molecule has 1 aromatic carbocycles. The van der Waals surface area contributed by atoms with E-state index in [4.69, 9.17) is 9.47 Å². The number of benzene rings is 1. The third-order valence-electron chi connectivity index (χ3n) is 2.90. The molecule has 0 unspecified atom stereocenters. The molecule has 0 aliphatic carbocycles. The molecule has 0 atom stereocenters. The number of hydrogen-bond acceptors (Lipinski definition) is 5. The molecule has 0 saturated heterocycles. The maximum absolute atomic E-state index is 11.6. The number of hydrogen-bond donors (Lipinski definition) is 0. The maximum atomic E-state index is 11.6. The van der Waals surface area contributed by atoms with E-state index in [9.17, 15) is 4.79 Å². The molecule has 18 heavy (non-hydrogen) atoms. The number of fused-ring (bicyclic) bond motifs is 1. The van der Waals surface area contributed by atoms with Crippen molar-refractivity contribution in [2.75, 3.05) is 13.7 Å². The van der Waals surface area contributed by atoms with Crippen molar-refractivity contribution in [1.29, 1.82) is 0 Å². The van der Waals surface area contributed by atoms with Crippen molar-refractivity contribution in [3.63, 3.8) is 0 Å². The van der Waals surface area contributed by atoms with E-state index in [1.807, 2.05) is 12.1 Å². The molecule has 0 N–H and O–H groups in total. The van der Waals surface area contributed by atoms with Gasteiger partial charge in [0.05, 0.1) is 24.1 Å². The Morgan fingerprint density at radius 3 is 3.22 bits per heavy atom. The Bertz CT molecular complexity index is 606. The second-order valence-corrected chi connectivity index (χ2v) is 4.80. The van der Waals surface area contributed by atoms with Crippen molar-refractivity contribution in [2.24, 2.45) is 0 Å². The van der Waals surface area contributed by atoms with Crippen molar-refractivity contribution in [3.05, 3.63) is 35.0 Å². The number of methoxy groups -OCH3 is 1. The Morgan fingerprint density at radius 1 is 1.50 bits per heavy atom. The lowest BCUT2D eigenvalue weighted by Gasteiger charge is -2.03. The Kier molecular flexibility index (Phi) is 2.76. The minimum atomic E-state index is -0.400. The van der Waals surface area contributed by atoms with Crippen LogP contribution in [0.5, 0.6) is 5.75 Å². The van der Waals surface area contributed by atoms with Gasteiger partial charge in [-0.3, -0.25) is 0 Å². The molecule has 0 fully saturated rings. The lowest BCUT2D eigenvalue weighted by Crippen LogP contribution is -2.02. The zero-order chi connectivity index (χ0) is 12.5. The lowest BCUT2D eigenvalue weighted by molar-refractivity contribution is 0.0596. The first-order valence-electron chi connectivity index (χ1n) is 5.57. The second-order valence-electron chi connectivity index (χ2n) is 3.94. The molecule has 2 aromatic rings. The highest BCUT2D eigenvalue weighted by molar-refractivity contribution is 7.13.